The van der Waals surface area contributed by atoms with Gasteiger partial charge in [-0.3, -0.25) is 0 Å². The van der Waals surface area contributed by atoms with Crippen molar-refractivity contribution < 1.29 is 4.74 Å². The van der Waals surface area contributed by atoms with Gasteiger partial charge in [0.25, 0.3) is 0 Å². The minimum absolute atomic E-state index is 0.113. The van der Waals surface area contributed by atoms with Gasteiger partial charge in [-0.25, -0.2) is 0 Å². The van der Waals surface area contributed by atoms with Crippen molar-refractivity contribution in [2.24, 2.45) is 0 Å². The largest absolute Gasteiger partial charge is 0.497 e. The predicted molar refractivity (Wildman–Crippen MR) is 79.8 cm³/mol. The molecule has 0 amide bonds. The van der Waals surface area contributed by atoms with E-state index in [1.54, 1.807) is 7.11 Å². The molecule has 0 aromatic heterocycles. The summed E-state index contributed by atoms with van der Waals surface area (Å²) in [5.74, 6) is 0.847. The van der Waals surface area contributed by atoms with E-state index in [1.807, 2.05) is 24.3 Å². The molecule has 0 spiro atoms. The van der Waals surface area contributed by atoms with E-state index >= 15 is 0 Å². The molecule has 0 aliphatic carbocycles. The van der Waals surface area contributed by atoms with E-state index in [1.165, 1.54) is 3.57 Å². The maximum Gasteiger partial charge on any atom is 0.118 e. The first-order valence-corrected chi connectivity index (χ1v) is 6.75. The van der Waals surface area contributed by atoms with Crippen molar-refractivity contribution in [3.63, 3.8) is 0 Å². The fourth-order valence-corrected chi connectivity index (χ4v) is 2.25. The van der Waals surface area contributed by atoms with E-state index in [-0.39, 0.29) is 5.38 Å². The Kier molecular flexibility index (Phi) is 4.29. The molecule has 1 atom stereocenters. The van der Waals surface area contributed by atoms with Gasteiger partial charge in [0.2, 0.25) is 0 Å². The van der Waals surface area contributed by atoms with Crippen LogP contribution in [0.2, 0.25) is 0 Å². The summed E-state index contributed by atoms with van der Waals surface area (Å²) >= 11 is 8.72. The molecule has 2 aromatic rings. The Morgan fingerprint density at radius 2 is 1.41 bits per heavy atom. The monoisotopic (exact) mass is 358 g/mol. The molecule has 2 rings (SSSR count). The third kappa shape index (κ3) is 3.13. The first kappa shape index (κ1) is 12.7. The van der Waals surface area contributed by atoms with Crippen LogP contribution in [0.4, 0.5) is 0 Å². The Bertz CT molecular complexity index is 479. The molecule has 0 heterocycles. The molecule has 0 saturated carbocycles. The number of methoxy groups -OCH3 is 1. The molecule has 0 radical (unpaired) electrons. The minimum atomic E-state index is -0.113. The van der Waals surface area contributed by atoms with Gasteiger partial charge >= 0.3 is 0 Å². The molecule has 0 saturated heterocycles. The first-order chi connectivity index (χ1) is 8.20. The molecule has 0 fully saturated rings. The van der Waals surface area contributed by atoms with Crippen LogP contribution in [0.15, 0.2) is 48.5 Å². The smallest absolute Gasteiger partial charge is 0.118 e. The van der Waals surface area contributed by atoms with Crippen LogP contribution in [-0.4, -0.2) is 7.11 Å². The molecule has 2 aromatic carbocycles. The molecular formula is C14H12ClIO. The van der Waals surface area contributed by atoms with Gasteiger partial charge in [-0.2, -0.15) is 0 Å². The zero-order valence-electron chi connectivity index (χ0n) is 9.36. The second-order valence-electron chi connectivity index (χ2n) is 3.69. The topological polar surface area (TPSA) is 9.23 Å². The van der Waals surface area contributed by atoms with Gasteiger partial charge in [0.1, 0.15) is 5.75 Å². The van der Waals surface area contributed by atoms with Crippen molar-refractivity contribution >= 4 is 34.2 Å². The maximum atomic E-state index is 6.44. The number of ether oxygens (including phenoxy) is 1. The summed E-state index contributed by atoms with van der Waals surface area (Å²) in [6, 6.07) is 16.1. The fourth-order valence-electron chi connectivity index (χ4n) is 1.60. The Hall–Kier alpha value is -0.740. The second-order valence-corrected chi connectivity index (χ2v) is 5.37. The molecule has 0 bridgehead atoms. The second kappa shape index (κ2) is 5.74. The van der Waals surface area contributed by atoms with Gasteiger partial charge in [0.15, 0.2) is 0 Å². The van der Waals surface area contributed by atoms with Crippen LogP contribution in [0.1, 0.15) is 16.5 Å². The Morgan fingerprint density at radius 3 is 1.88 bits per heavy atom. The van der Waals surface area contributed by atoms with E-state index in [2.05, 4.69) is 46.9 Å². The van der Waals surface area contributed by atoms with E-state index < -0.39 is 0 Å². The Balaban J connectivity index is 2.23. The summed E-state index contributed by atoms with van der Waals surface area (Å²) < 4.78 is 6.34. The predicted octanol–water partition coefficient (Wildman–Crippen LogP) is 4.63. The normalized spacial score (nSPS) is 12.2. The third-order valence-electron chi connectivity index (χ3n) is 2.57. The van der Waals surface area contributed by atoms with E-state index in [4.69, 9.17) is 16.3 Å². The standard InChI is InChI=1S/C14H12ClIO/c1-17-13-8-4-11(5-9-13)14(15)10-2-6-12(16)7-3-10/h2-9,14H,1H3. The van der Waals surface area contributed by atoms with Crippen LogP contribution < -0.4 is 4.74 Å². The van der Waals surface area contributed by atoms with E-state index in [0.29, 0.717) is 0 Å². The minimum Gasteiger partial charge on any atom is -0.497 e. The van der Waals surface area contributed by atoms with Gasteiger partial charge in [0, 0.05) is 3.57 Å². The van der Waals surface area contributed by atoms with Crippen molar-refractivity contribution in [3.05, 3.63) is 63.2 Å². The van der Waals surface area contributed by atoms with Gasteiger partial charge in [-0.05, 0) is 58.0 Å². The SMILES string of the molecule is COc1ccc(C(Cl)c2ccc(I)cc2)cc1. The van der Waals surface area contributed by atoms with Crippen molar-refractivity contribution in [1.82, 2.24) is 0 Å². The highest BCUT2D eigenvalue weighted by atomic mass is 127. The zero-order chi connectivity index (χ0) is 12.3. The highest BCUT2D eigenvalue weighted by Crippen LogP contribution is 2.30. The quantitative estimate of drug-likeness (QED) is 0.574. The van der Waals surface area contributed by atoms with Crippen LogP contribution in [0, 0.1) is 3.57 Å². The van der Waals surface area contributed by atoms with E-state index in [9.17, 15) is 0 Å². The van der Waals surface area contributed by atoms with Crippen molar-refractivity contribution in [2.75, 3.05) is 7.11 Å². The van der Waals surface area contributed by atoms with Crippen molar-refractivity contribution in [3.8, 4) is 5.75 Å². The first-order valence-electron chi connectivity index (χ1n) is 5.24. The number of halogens is 2. The van der Waals surface area contributed by atoms with Gasteiger partial charge < -0.3 is 4.74 Å². The summed E-state index contributed by atoms with van der Waals surface area (Å²) in [4.78, 5) is 0. The van der Waals surface area contributed by atoms with Crippen LogP contribution in [0.25, 0.3) is 0 Å². The van der Waals surface area contributed by atoms with Gasteiger partial charge in [0.05, 0.1) is 12.5 Å². The molecule has 0 aliphatic heterocycles. The van der Waals surface area contributed by atoms with E-state index in [0.717, 1.165) is 16.9 Å². The molecular weight excluding hydrogens is 347 g/mol. The van der Waals surface area contributed by atoms with Crippen LogP contribution >= 0.6 is 34.2 Å². The summed E-state index contributed by atoms with van der Waals surface area (Å²) in [7, 11) is 1.66. The number of hydrogen-bond donors (Lipinski definition) is 0. The summed E-state index contributed by atoms with van der Waals surface area (Å²) in [6.07, 6.45) is 0. The lowest BCUT2D eigenvalue weighted by Crippen LogP contribution is -1.93. The highest BCUT2D eigenvalue weighted by molar-refractivity contribution is 14.1. The van der Waals surface area contributed by atoms with Crippen molar-refractivity contribution in [2.45, 2.75) is 5.38 Å². The van der Waals surface area contributed by atoms with Crippen LogP contribution in [0.5, 0.6) is 5.75 Å². The average Bonchev–Trinajstić information content (AvgIpc) is 2.39. The molecule has 3 heteroatoms. The summed E-state index contributed by atoms with van der Waals surface area (Å²) in [6.45, 7) is 0. The lowest BCUT2D eigenvalue weighted by atomic mass is 10.0. The fraction of sp³-hybridized carbons (Fsp3) is 0.143. The maximum absolute atomic E-state index is 6.44. The van der Waals surface area contributed by atoms with Crippen LogP contribution in [-0.2, 0) is 0 Å². The zero-order valence-corrected chi connectivity index (χ0v) is 12.3. The highest BCUT2D eigenvalue weighted by Gasteiger charge is 2.10. The van der Waals surface area contributed by atoms with Crippen molar-refractivity contribution in [1.29, 1.82) is 0 Å². The van der Waals surface area contributed by atoms with Gasteiger partial charge in [-0.15, -0.1) is 11.6 Å². The average molecular weight is 359 g/mol. The lowest BCUT2D eigenvalue weighted by molar-refractivity contribution is 0.414. The number of rotatable bonds is 3. The number of alkyl halides is 1. The van der Waals surface area contributed by atoms with Crippen LogP contribution in [0.3, 0.4) is 0 Å². The summed E-state index contributed by atoms with van der Waals surface area (Å²) in [5.41, 5.74) is 2.19. The molecule has 1 nitrogen and oxygen atoms in total. The number of hydrogen-bond acceptors (Lipinski definition) is 1. The number of benzene rings is 2. The Labute approximate surface area is 120 Å². The molecule has 0 N–H and O–H groups in total. The summed E-state index contributed by atoms with van der Waals surface area (Å²) in [5, 5.41) is -0.113. The molecule has 88 valence electrons. The molecule has 0 aliphatic rings. The molecule has 17 heavy (non-hydrogen) atoms. The lowest BCUT2D eigenvalue weighted by Gasteiger charge is -2.11. The van der Waals surface area contributed by atoms with Gasteiger partial charge in [-0.1, -0.05) is 24.3 Å². The third-order valence-corrected chi connectivity index (χ3v) is 3.79. The molecule has 1 unspecified atom stereocenters. The Morgan fingerprint density at radius 1 is 0.941 bits per heavy atom.